The van der Waals surface area contributed by atoms with Gasteiger partial charge in [0.15, 0.2) is 4.77 Å². The van der Waals surface area contributed by atoms with Gasteiger partial charge >= 0.3 is 0 Å². The Hall–Kier alpha value is -2.25. The van der Waals surface area contributed by atoms with Crippen molar-refractivity contribution in [1.82, 2.24) is 14.5 Å². The number of morpholine rings is 1. The van der Waals surface area contributed by atoms with Gasteiger partial charge in [0, 0.05) is 25.2 Å². The number of carbonyl (C=O) groups excluding carboxylic acids is 1. The highest BCUT2D eigenvalue weighted by Crippen LogP contribution is 2.14. The minimum absolute atomic E-state index is 0.0650. The lowest BCUT2D eigenvalue weighted by Crippen LogP contribution is -2.40. The SMILES string of the molecule is C=CCn1c(=S)[nH]c2cc(C(=O)N3CCOCC3)ccc2c1=O. The third-order valence-electron chi connectivity index (χ3n) is 3.84. The van der Waals surface area contributed by atoms with E-state index in [0.717, 1.165) is 0 Å². The molecule has 3 rings (SSSR count). The summed E-state index contributed by atoms with van der Waals surface area (Å²) >= 11 is 5.21. The number of hydrogen-bond donors (Lipinski definition) is 1. The molecule has 1 aromatic heterocycles. The zero-order valence-corrected chi connectivity index (χ0v) is 13.4. The molecule has 0 spiro atoms. The van der Waals surface area contributed by atoms with Crippen LogP contribution >= 0.6 is 12.2 Å². The molecule has 1 saturated heterocycles. The van der Waals surface area contributed by atoms with Crippen molar-refractivity contribution in [3.8, 4) is 0 Å². The van der Waals surface area contributed by atoms with Crippen LogP contribution in [0.1, 0.15) is 10.4 Å². The second-order valence-electron chi connectivity index (χ2n) is 5.30. The summed E-state index contributed by atoms with van der Waals surface area (Å²) < 4.78 is 7.01. The maximum atomic E-state index is 12.5. The summed E-state index contributed by atoms with van der Waals surface area (Å²) in [5, 5.41) is 0.499. The summed E-state index contributed by atoms with van der Waals surface area (Å²) in [5.74, 6) is -0.0650. The average molecular weight is 331 g/mol. The monoisotopic (exact) mass is 331 g/mol. The van der Waals surface area contributed by atoms with Crippen molar-refractivity contribution in [1.29, 1.82) is 0 Å². The number of fused-ring (bicyclic) bond motifs is 1. The quantitative estimate of drug-likeness (QED) is 0.687. The highest BCUT2D eigenvalue weighted by Gasteiger charge is 2.19. The number of nitrogens with zero attached hydrogens (tertiary/aromatic N) is 2. The van der Waals surface area contributed by atoms with E-state index in [4.69, 9.17) is 17.0 Å². The summed E-state index contributed by atoms with van der Waals surface area (Å²) in [4.78, 5) is 29.7. The Balaban J connectivity index is 2.04. The topological polar surface area (TPSA) is 67.3 Å². The number of benzene rings is 1. The van der Waals surface area contributed by atoms with Crippen LogP contribution in [0.4, 0.5) is 0 Å². The number of rotatable bonds is 3. The first-order valence-corrected chi connectivity index (χ1v) is 7.77. The minimum Gasteiger partial charge on any atom is -0.378 e. The Morgan fingerprint density at radius 2 is 2.13 bits per heavy atom. The Bertz CT molecular complexity index is 878. The van der Waals surface area contributed by atoms with Gasteiger partial charge in [-0.05, 0) is 30.4 Å². The summed E-state index contributed by atoms with van der Waals surface area (Å²) in [5.41, 5.74) is 0.916. The van der Waals surface area contributed by atoms with E-state index in [2.05, 4.69) is 11.6 Å². The van der Waals surface area contributed by atoms with Gasteiger partial charge < -0.3 is 14.6 Å². The first-order chi connectivity index (χ1) is 11.1. The van der Waals surface area contributed by atoms with E-state index in [9.17, 15) is 9.59 Å². The maximum absolute atomic E-state index is 12.5. The number of nitrogens with one attached hydrogen (secondary N) is 1. The third-order valence-corrected chi connectivity index (χ3v) is 4.16. The van der Waals surface area contributed by atoms with Gasteiger partial charge in [0.05, 0.1) is 24.1 Å². The molecule has 0 aliphatic carbocycles. The molecule has 1 aliphatic heterocycles. The summed E-state index contributed by atoms with van der Waals surface area (Å²) in [6.07, 6.45) is 1.62. The zero-order chi connectivity index (χ0) is 16.4. The van der Waals surface area contributed by atoms with Crippen LogP contribution in [0.5, 0.6) is 0 Å². The first-order valence-electron chi connectivity index (χ1n) is 7.36. The lowest BCUT2D eigenvalue weighted by molar-refractivity contribution is 0.0303. The molecule has 0 atom stereocenters. The molecule has 1 N–H and O–H groups in total. The van der Waals surface area contributed by atoms with E-state index in [0.29, 0.717) is 54.1 Å². The Morgan fingerprint density at radius 3 is 2.83 bits per heavy atom. The fourth-order valence-electron chi connectivity index (χ4n) is 2.63. The molecule has 1 fully saturated rings. The van der Waals surface area contributed by atoms with Crippen LogP contribution < -0.4 is 5.56 Å². The summed E-state index contributed by atoms with van der Waals surface area (Å²) in [7, 11) is 0. The van der Waals surface area contributed by atoms with Crippen LogP contribution in [0.15, 0.2) is 35.6 Å². The van der Waals surface area contributed by atoms with E-state index in [1.165, 1.54) is 4.57 Å². The Morgan fingerprint density at radius 1 is 1.39 bits per heavy atom. The van der Waals surface area contributed by atoms with Gasteiger partial charge in [-0.25, -0.2) is 0 Å². The predicted octanol–water partition coefficient (Wildman–Crippen LogP) is 1.72. The van der Waals surface area contributed by atoms with Crippen LogP contribution in [0.3, 0.4) is 0 Å². The van der Waals surface area contributed by atoms with Gasteiger partial charge in [-0.1, -0.05) is 6.08 Å². The van der Waals surface area contributed by atoms with Crippen molar-refractivity contribution in [2.75, 3.05) is 26.3 Å². The lowest BCUT2D eigenvalue weighted by Gasteiger charge is -2.26. The number of allylic oxidation sites excluding steroid dienone is 1. The van der Waals surface area contributed by atoms with Gasteiger partial charge in [-0.15, -0.1) is 6.58 Å². The van der Waals surface area contributed by atoms with Gasteiger partial charge in [0.2, 0.25) is 0 Å². The molecule has 0 saturated carbocycles. The molecule has 1 amide bonds. The highest BCUT2D eigenvalue weighted by atomic mass is 32.1. The van der Waals surface area contributed by atoms with Crippen LogP contribution in [0.2, 0.25) is 0 Å². The number of ether oxygens (including phenoxy) is 1. The molecule has 120 valence electrons. The summed E-state index contributed by atoms with van der Waals surface area (Å²) in [6, 6.07) is 5.02. The van der Waals surface area contributed by atoms with Crippen molar-refractivity contribution < 1.29 is 9.53 Å². The average Bonchev–Trinajstić information content (AvgIpc) is 2.58. The molecular formula is C16H17N3O3S. The van der Waals surface area contributed by atoms with E-state index in [-0.39, 0.29) is 11.5 Å². The van der Waals surface area contributed by atoms with Gasteiger partial charge in [-0.3, -0.25) is 14.2 Å². The third kappa shape index (κ3) is 2.97. The van der Waals surface area contributed by atoms with Crippen molar-refractivity contribution in [3.63, 3.8) is 0 Å². The van der Waals surface area contributed by atoms with Crippen molar-refractivity contribution >= 4 is 29.0 Å². The number of H-pyrrole nitrogens is 1. The Kier molecular flexibility index (Phi) is 4.40. The smallest absolute Gasteiger partial charge is 0.262 e. The number of aromatic nitrogens is 2. The number of carbonyl (C=O) groups is 1. The second kappa shape index (κ2) is 6.47. The van der Waals surface area contributed by atoms with E-state index < -0.39 is 0 Å². The molecule has 0 bridgehead atoms. The van der Waals surface area contributed by atoms with Gasteiger partial charge in [0.1, 0.15) is 0 Å². The molecule has 1 aromatic carbocycles. The maximum Gasteiger partial charge on any atom is 0.262 e. The van der Waals surface area contributed by atoms with Crippen molar-refractivity contribution in [2.24, 2.45) is 0 Å². The molecule has 1 aliphatic rings. The molecule has 7 heteroatoms. The van der Waals surface area contributed by atoms with Crippen LogP contribution in [0.25, 0.3) is 10.9 Å². The van der Waals surface area contributed by atoms with Gasteiger partial charge in [-0.2, -0.15) is 0 Å². The largest absolute Gasteiger partial charge is 0.378 e. The molecular weight excluding hydrogens is 314 g/mol. The lowest BCUT2D eigenvalue weighted by atomic mass is 10.1. The second-order valence-corrected chi connectivity index (χ2v) is 5.69. The molecule has 2 heterocycles. The van der Waals surface area contributed by atoms with E-state index >= 15 is 0 Å². The number of hydrogen-bond acceptors (Lipinski definition) is 4. The van der Waals surface area contributed by atoms with Gasteiger partial charge in [0.25, 0.3) is 11.5 Å². The van der Waals surface area contributed by atoms with Crippen molar-refractivity contribution in [3.05, 3.63) is 51.5 Å². The molecule has 2 aromatic rings. The normalized spacial score (nSPS) is 14.9. The van der Waals surface area contributed by atoms with E-state index in [1.807, 2.05) is 0 Å². The molecule has 23 heavy (non-hydrogen) atoms. The number of amides is 1. The first kappa shape index (κ1) is 15.6. The Labute approximate surface area is 138 Å². The highest BCUT2D eigenvalue weighted by molar-refractivity contribution is 7.71. The fourth-order valence-corrected chi connectivity index (χ4v) is 2.90. The zero-order valence-electron chi connectivity index (χ0n) is 12.6. The van der Waals surface area contributed by atoms with Crippen LogP contribution in [-0.4, -0.2) is 46.7 Å². The molecule has 0 unspecified atom stereocenters. The van der Waals surface area contributed by atoms with Crippen molar-refractivity contribution in [2.45, 2.75) is 6.54 Å². The predicted molar refractivity (Wildman–Crippen MR) is 90.3 cm³/mol. The number of aromatic amines is 1. The standard InChI is InChI=1S/C16H17N3O3S/c1-2-5-19-15(21)12-4-3-11(10-13(12)17-16(19)23)14(20)18-6-8-22-9-7-18/h2-4,10H,1,5-9H2,(H,17,23). The minimum atomic E-state index is -0.186. The van der Waals surface area contributed by atoms with E-state index in [1.54, 1.807) is 29.2 Å². The van der Waals surface area contributed by atoms with Crippen LogP contribution in [-0.2, 0) is 11.3 Å². The van der Waals surface area contributed by atoms with Crippen LogP contribution in [0, 0.1) is 4.77 Å². The summed E-state index contributed by atoms with van der Waals surface area (Å²) in [6.45, 7) is 6.23. The fraction of sp³-hybridized carbons (Fsp3) is 0.312. The molecule has 0 radical (unpaired) electrons. The molecule has 6 nitrogen and oxygen atoms in total.